The predicted molar refractivity (Wildman–Crippen MR) is 112 cm³/mol. The molecule has 0 atom stereocenters. The van der Waals surface area contributed by atoms with E-state index in [2.05, 4.69) is 5.32 Å². The molecule has 0 amide bonds. The average Bonchev–Trinajstić information content (AvgIpc) is 3.25. The fourth-order valence-corrected chi connectivity index (χ4v) is 4.92. The minimum Gasteiger partial charge on any atom is -0.396 e. The zero-order chi connectivity index (χ0) is 20.4. The molecule has 0 bridgehead atoms. The second kappa shape index (κ2) is 8.69. The van der Waals surface area contributed by atoms with Crippen molar-refractivity contribution in [3.05, 3.63) is 38.8 Å². The predicted octanol–water partition coefficient (Wildman–Crippen LogP) is 3.54. The largest absolute Gasteiger partial charge is 0.396 e. The van der Waals surface area contributed by atoms with Crippen LogP contribution in [0.5, 0.6) is 0 Å². The second-order valence-corrected chi connectivity index (χ2v) is 8.45. The van der Waals surface area contributed by atoms with Crippen LogP contribution in [0, 0.1) is 5.82 Å². The molecule has 1 aromatic carbocycles. The molecule has 2 N–H and O–H groups in total. The topological polar surface area (TPSA) is 76.3 Å². The van der Waals surface area contributed by atoms with E-state index in [1.807, 2.05) is 0 Å². The van der Waals surface area contributed by atoms with E-state index in [1.165, 1.54) is 12.5 Å². The highest BCUT2D eigenvalue weighted by Gasteiger charge is 2.24. The summed E-state index contributed by atoms with van der Waals surface area (Å²) in [5, 5.41) is 12.7. The Morgan fingerprint density at radius 3 is 2.41 bits per heavy atom. The molecule has 2 saturated carbocycles. The third-order valence-electron chi connectivity index (χ3n) is 6.45. The molecule has 158 valence electrons. The molecule has 29 heavy (non-hydrogen) atoms. The molecule has 2 aliphatic carbocycles. The van der Waals surface area contributed by atoms with Crippen molar-refractivity contribution in [1.29, 1.82) is 0 Å². The van der Waals surface area contributed by atoms with Crippen molar-refractivity contribution in [2.75, 3.05) is 11.9 Å². The van der Waals surface area contributed by atoms with E-state index < -0.39 is 11.4 Å². The van der Waals surface area contributed by atoms with E-state index in [4.69, 9.17) is 5.11 Å². The summed E-state index contributed by atoms with van der Waals surface area (Å²) in [5.41, 5.74) is 0.0730. The maximum atomic E-state index is 14.9. The molecule has 7 heteroatoms. The zero-order valence-electron chi connectivity index (χ0n) is 16.8. The van der Waals surface area contributed by atoms with Gasteiger partial charge in [0.1, 0.15) is 5.82 Å². The Bertz CT molecular complexity index is 985. The Kier molecular flexibility index (Phi) is 6.04. The van der Waals surface area contributed by atoms with E-state index in [-0.39, 0.29) is 36.3 Å². The minimum absolute atomic E-state index is 0.0268. The van der Waals surface area contributed by atoms with E-state index in [1.54, 1.807) is 10.6 Å². The molecule has 0 saturated heterocycles. The van der Waals surface area contributed by atoms with Crippen LogP contribution in [0.25, 0.3) is 10.9 Å². The Balaban J connectivity index is 1.86. The van der Waals surface area contributed by atoms with Crippen molar-refractivity contribution in [2.24, 2.45) is 0 Å². The number of nitrogens with zero attached hydrogens (tertiary/aromatic N) is 2. The van der Waals surface area contributed by atoms with Crippen LogP contribution in [0.4, 0.5) is 10.1 Å². The number of aliphatic hydroxyl groups is 1. The molecule has 2 aromatic rings. The first-order chi connectivity index (χ1) is 14.1. The van der Waals surface area contributed by atoms with Gasteiger partial charge in [0.15, 0.2) is 0 Å². The Hall–Kier alpha value is -2.15. The van der Waals surface area contributed by atoms with Crippen molar-refractivity contribution >= 4 is 16.6 Å². The Labute approximate surface area is 169 Å². The summed E-state index contributed by atoms with van der Waals surface area (Å²) in [7, 11) is 0. The standard InChI is InChI=1S/C22H30FN3O3/c23-18-13-17-20(14-19(18)24-15-7-2-1-3-8-15)26(16-9-4-5-10-16)22(29)25(21(17)28)11-6-12-27/h13-16,24,27H,1-12H2. The van der Waals surface area contributed by atoms with Gasteiger partial charge in [-0.2, -0.15) is 0 Å². The number of rotatable bonds is 6. The normalized spacial score (nSPS) is 18.6. The number of hydrogen-bond acceptors (Lipinski definition) is 4. The maximum absolute atomic E-state index is 14.9. The number of halogens is 1. The zero-order valence-corrected chi connectivity index (χ0v) is 16.8. The number of anilines is 1. The van der Waals surface area contributed by atoms with Crippen molar-refractivity contribution in [2.45, 2.75) is 82.8 Å². The molecule has 6 nitrogen and oxygen atoms in total. The van der Waals surface area contributed by atoms with Gasteiger partial charge in [-0.05, 0) is 44.2 Å². The molecule has 4 rings (SSSR count). The quantitative estimate of drug-likeness (QED) is 0.773. The third kappa shape index (κ3) is 3.97. The van der Waals surface area contributed by atoms with E-state index in [0.717, 1.165) is 55.9 Å². The molecular weight excluding hydrogens is 373 g/mol. The smallest absolute Gasteiger partial charge is 0.331 e. The molecule has 0 spiro atoms. The first-order valence-corrected chi connectivity index (χ1v) is 11.0. The molecule has 2 aliphatic rings. The van der Waals surface area contributed by atoms with Gasteiger partial charge in [-0.3, -0.25) is 13.9 Å². The number of aromatic nitrogens is 2. The molecule has 1 heterocycles. The summed E-state index contributed by atoms with van der Waals surface area (Å²) < 4.78 is 17.8. The number of nitrogens with one attached hydrogen (secondary N) is 1. The third-order valence-corrected chi connectivity index (χ3v) is 6.45. The fourth-order valence-electron chi connectivity index (χ4n) is 4.92. The van der Waals surface area contributed by atoms with Gasteiger partial charge in [-0.15, -0.1) is 0 Å². The van der Waals surface area contributed by atoms with Gasteiger partial charge in [-0.1, -0.05) is 32.1 Å². The van der Waals surface area contributed by atoms with E-state index in [0.29, 0.717) is 17.6 Å². The molecular formula is C22H30FN3O3. The van der Waals surface area contributed by atoms with Gasteiger partial charge in [0, 0.05) is 25.2 Å². The Morgan fingerprint density at radius 2 is 1.72 bits per heavy atom. The van der Waals surface area contributed by atoms with Crippen LogP contribution in [-0.4, -0.2) is 26.9 Å². The van der Waals surface area contributed by atoms with Gasteiger partial charge >= 0.3 is 5.69 Å². The van der Waals surface area contributed by atoms with E-state index >= 15 is 0 Å². The van der Waals surface area contributed by atoms with Gasteiger partial charge in [-0.25, -0.2) is 9.18 Å². The summed E-state index contributed by atoms with van der Waals surface area (Å²) >= 11 is 0. The highest BCUT2D eigenvalue weighted by atomic mass is 19.1. The van der Waals surface area contributed by atoms with Crippen LogP contribution in [0.3, 0.4) is 0 Å². The van der Waals surface area contributed by atoms with Crippen LogP contribution >= 0.6 is 0 Å². The van der Waals surface area contributed by atoms with Crippen LogP contribution in [-0.2, 0) is 6.54 Å². The van der Waals surface area contributed by atoms with Gasteiger partial charge in [0.25, 0.3) is 5.56 Å². The van der Waals surface area contributed by atoms with Crippen molar-refractivity contribution in [1.82, 2.24) is 9.13 Å². The van der Waals surface area contributed by atoms with Crippen LogP contribution in [0.1, 0.15) is 70.3 Å². The van der Waals surface area contributed by atoms with Crippen LogP contribution in [0.15, 0.2) is 21.7 Å². The van der Waals surface area contributed by atoms with E-state index in [9.17, 15) is 14.0 Å². The monoisotopic (exact) mass is 403 g/mol. The highest BCUT2D eigenvalue weighted by molar-refractivity contribution is 5.82. The van der Waals surface area contributed by atoms with Crippen molar-refractivity contribution in [3.63, 3.8) is 0 Å². The second-order valence-electron chi connectivity index (χ2n) is 8.45. The maximum Gasteiger partial charge on any atom is 0.331 e. The SMILES string of the molecule is O=c1c2cc(F)c(NC3CCCCC3)cc2n(C2CCCC2)c(=O)n1CCCO. The number of fused-ring (bicyclic) bond motifs is 1. The van der Waals surface area contributed by atoms with Crippen LogP contribution < -0.4 is 16.6 Å². The van der Waals surface area contributed by atoms with Crippen molar-refractivity contribution in [3.8, 4) is 0 Å². The molecule has 2 fully saturated rings. The molecule has 0 radical (unpaired) electrons. The number of benzene rings is 1. The first-order valence-electron chi connectivity index (χ1n) is 11.0. The summed E-state index contributed by atoms with van der Waals surface area (Å²) in [5.74, 6) is -0.453. The number of aliphatic hydroxyl groups excluding tert-OH is 1. The summed E-state index contributed by atoms with van der Waals surface area (Å²) in [4.78, 5) is 26.2. The average molecular weight is 403 g/mol. The van der Waals surface area contributed by atoms with Gasteiger partial charge < -0.3 is 10.4 Å². The molecule has 0 aliphatic heterocycles. The van der Waals surface area contributed by atoms with Crippen LogP contribution in [0.2, 0.25) is 0 Å². The summed E-state index contributed by atoms with van der Waals surface area (Å²) in [6, 6.07) is 3.20. The Morgan fingerprint density at radius 1 is 1.03 bits per heavy atom. The molecule has 1 aromatic heterocycles. The highest BCUT2D eigenvalue weighted by Crippen LogP contribution is 2.32. The molecule has 0 unspecified atom stereocenters. The lowest BCUT2D eigenvalue weighted by atomic mass is 9.95. The summed E-state index contributed by atoms with van der Waals surface area (Å²) in [6.07, 6.45) is 9.68. The lowest BCUT2D eigenvalue weighted by Crippen LogP contribution is -2.41. The van der Waals surface area contributed by atoms with Crippen molar-refractivity contribution < 1.29 is 9.50 Å². The lowest BCUT2D eigenvalue weighted by Gasteiger charge is -2.25. The number of hydrogen-bond donors (Lipinski definition) is 2. The minimum atomic E-state index is -0.476. The summed E-state index contributed by atoms with van der Waals surface area (Å²) in [6.45, 7) is 0.0342. The fraction of sp³-hybridized carbons (Fsp3) is 0.636. The van der Waals surface area contributed by atoms with Gasteiger partial charge in [0.05, 0.1) is 16.6 Å². The lowest BCUT2D eigenvalue weighted by molar-refractivity contribution is 0.277. The first kappa shape index (κ1) is 20.1. The van der Waals surface area contributed by atoms with Gasteiger partial charge in [0.2, 0.25) is 0 Å².